The fourth-order valence-corrected chi connectivity index (χ4v) is 5.27. The lowest BCUT2D eigenvalue weighted by Gasteiger charge is -2.39. The van der Waals surface area contributed by atoms with Gasteiger partial charge < -0.3 is 19.7 Å². The maximum absolute atomic E-state index is 13.6. The summed E-state index contributed by atoms with van der Waals surface area (Å²) in [6.07, 6.45) is 4.11. The highest BCUT2D eigenvalue weighted by Crippen LogP contribution is 2.40. The van der Waals surface area contributed by atoms with Crippen LogP contribution in [0.15, 0.2) is 36.5 Å². The molecule has 3 heterocycles. The van der Waals surface area contributed by atoms with Crippen LogP contribution >= 0.6 is 11.6 Å². The van der Waals surface area contributed by atoms with Crippen molar-refractivity contribution in [3.63, 3.8) is 0 Å². The number of nitrogens with zero attached hydrogens (tertiary/aromatic N) is 5. The van der Waals surface area contributed by atoms with Crippen LogP contribution in [0, 0.1) is 23.6 Å². The number of anilines is 2. The minimum Gasteiger partial charge on any atom is -0.481 e. The van der Waals surface area contributed by atoms with E-state index in [4.69, 9.17) is 26.2 Å². The smallest absolute Gasteiger partial charge is 0.322 e. The van der Waals surface area contributed by atoms with E-state index >= 15 is 0 Å². The number of halogens is 2. The van der Waals surface area contributed by atoms with Crippen LogP contribution in [0.4, 0.5) is 16.0 Å². The van der Waals surface area contributed by atoms with Gasteiger partial charge in [-0.05, 0) is 48.8 Å². The van der Waals surface area contributed by atoms with E-state index in [0.717, 1.165) is 31.6 Å². The Bertz CT molecular complexity index is 1170. The van der Waals surface area contributed by atoms with E-state index in [0.29, 0.717) is 47.9 Å². The zero-order valence-corrected chi connectivity index (χ0v) is 20.9. The Balaban J connectivity index is 1.32. The molecule has 0 radical (unpaired) electrons. The maximum atomic E-state index is 13.6. The van der Waals surface area contributed by atoms with Gasteiger partial charge in [0.25, 0.3) is 0 Å². The summed E-state index contributed by atoms with van der Waals surface area (Å²) in [5.41, 5.74) is 1.14. The second-order valence-corrected chi connectivity index (χ2v) is 10.1. The van der Waals surface area contributed by atoms with E-state index in [1.54, 1.807) is 18.0 Å². The number of methoxy groups -OCH3 is 1. The van der Waals surface area contributed by atoms with Gasteiger partial charge in [-0.3, -0.25) is 0 Å². The Morgan fingerprint density at radius 2 is 1.94 bits per heavy atom. The molecule has 1 saturated heterocycles. The molecule has 2 aliphatic rings. The van der Waals surface area contributed by atoms with Crippen LogP contribution in [0.3, 0.4) is 0 Å². The van der Waals surface area contributed by atoms with Crippen molar-refractivity contribution in [1.82, 2.24) is 19.7 Å². The van der Waals surface area contributed by atoms with Crippen molar-refractivity contribution < 1.29 is 13.9 Å². The van der Waals surface area contributed by atoms with Gasteiger partial charge in [0.1, 0.15) is 11.6 Å². The van der Waals surface area contributed by atoms with Crippen LogP contribution in [0.1, 0.15) is 26.7 Å². The van der Waals surface area contributed by atoms with Gasteiger partial charge in [-0.15, -0.1) is 5.10 Å². The molecule has 3 atom stereocenters. The molecule has 1 saturated carbocycles. The van der Waals surface area contributed by atoms with Gasteiger partial charge in [0.2, 0.25) is 11.8 Å². The van der Waals surface area contributed by atoms with E-state index in [2.05, 4.69) is 34.0 Å². The van der Waals surface area contributed by atoms with Crippen LogP contribution in [0.5, 0.6) is 17.6 Å². The van der Waals surface area contributed by atoms with E-state index in [9.17, 15) is 4.39 Å². The number of fused-ring (bicyclic) bond motifs is 2. The molecular formula is C25H30ClFN6O2. The molecule has 1 unspecified atom stereocenters. The summed E-state index contributed by atoms with van der Waals surface area (Å²) in [5.74, 6) is 2.41. The highest BCUT2D eigenvalue weighted by atomic mass is 35.5. The lowest BCUT2D eigenvalue weighted by molar-refractivity contribution is 0.370. The second-order valence-electron chi connectivity index (χ2n) is 9.70. The topological polar surface area (TPSA) is 77.3 Å². The van der Waals surface area contributed by atoms with Crippen LogP contribution in [-0.4, -0.2) is 46.0 Å². The molecule has 2 bridgehead atoms. The second kappa shape index (κ2) is 9.89. The lowest BCUT2D eigenvalue weighted by Crippen LogP contribution is -2.48. The third kappa shape index (κ3) is 5.15. The van der Waals surface area contributed by atoms with Crippen molar-refractivity contribution in [2.24, 2.45) is 17.8 Å². The lowest BCUT2D eigenvalue weighted by atomic mass is 9.92. The van der Waals surface area contributed by atoms with E-state index in [-0.39, 0.29) is 11.1 Å². The zero-order valence-electron chi connectivity index (χ0n) is 20.1. The Hall–Kier alpha value is -3.07. The summed E-state index contributed by atoms with van der Waals surface area (Å²) in [5, 5.41) is 8.31. The molecule has 3 aromatic rings. The maximum Gasteiger partial charge on any atom is 0.322 e. The number of hydrogen-bond acceptors (Lipinski definition) is 7. The van der Waals surface area contributed by atoms with Crippen LogP contribution in [-0.2, 0) is 6.54 Å². The zero-order chi connectivity index (χ0) is 24.5. The third-order valence-corrected chi connectivity index (χ3v) is 6.99. The molecule has 8 nitrogen and oxygen atoms in total. The van der Waals surface area contributed by atoms with Crippen LogP contribution in [0.2, 0.25) is 5.02 Å². The molecule has 10 heteroatoms. The monoisotopic (exact) mass is 500 g/mol. The van der Waals surface area contributed by atoms with E-state index < -0.39 is 5.82 Å². The van der Waals surface area contributed by atoms with Crippen LogP contribution in [0.25, 0.3) is 0 Å². The largest absolute Gasteiger partial charge is 0.481 e. The number of nitrogens with one attached hydrogen (secondary N) is 1. The molecule has 1 aliphatic carbocycles. The quantitative estimate of drug-likeness (QED) is 0.452. The summed E-state index contributed by atoms with van der Waals surface area (Å²) in [6.45, 7) is 6.76. The average molecular weight is 501 g/mol. The Morgan fingerprint density at radius 3 is 2.63 bits per heavy atom. The minimum absolute atomic E-state index is 0.00549. The first-order chi connectivity index (χ1) is 16.9. The molecule has 1 aliphatic heterocycles. The third-order valence-electron chi connectivity index (χ3n) is 6.70. The fraction of sp³-hybridized carbons (Fsp3) is 0.480. The summed E-state index contributed by atoms with van der Waals surface area (Å²) < 4.78 is 26.6. The number of pyridine rings is 1. The molecule has 2 aromatic heterocycles. The Labute approximate surface area is 209 Å². The summed E-state index contributed by atoms with van der Waals surface area (Å²) in [4.78, 5) is 11.3. The summed E-state index contributed by atoms with van der Waals surface area (Å²) in [7, 11) is 1.64. The first-order valence-corrected chi connectivity index (χ1v) is 12.4. The van der Waals surface area contributed by atoms with Crippen molar-refractivity contribution in [2.75, 3.05) is 30.4 Å². The fourth-order valence-electron chi connectivity index (χ4n) is 5.10. The number of rotatable bonds is 8. The van der Waals surface area contributed by atoms with Gasteiger partial charge in [0.15, 0.2) is 0 Å². The Kier molecular flexibility index (Phi) is 6.69. The van der Waals surface area contributed by atoms with Crippen molar-refractivity contribution in [2.45, 2.75) is 39.3 Å². The van der Waals surface area contributed by atoms with Gasteiger partial charge in [0, 0.05) is 49.7 Å². The number of benzene rings is 1. The molecule has 1 N–H and O–H groups in total. The molecular weight excluding hydrogens is 471 g/mol. The van der Waals surface area contributed by atoms with Gasteiger partial charge in [-0.2, -0.15) is 4.98 Å². The predicted molar refractivity (Wildman–Crippen MR) is 133 cm³/mol. The molecule has 1 aromatic carbocycles. The highest BCUT2D eigenvalue weighted by molar-refractivity contribution is 6.30. The number of aromatic nitrogens is 4. The minimum atomic E-state index is -0.489. The van der Waals surface area contributed by atoms with Gasteiger partial charge >= 0.3 is 6.01 Å². The van der Waals surface area contributed by atoms with Crippen molar-refractivity contribution in [3.05, 3.63) is 47.4 Å². The van der Waals surface area contributed by atoms with Crippen molar-refractivity contribution in [1.29, 1.82) is 0 Å². The average Bonchev–Trinajstić information content (AvgIpc) is 3.29. The van der Waals surface area contributed by atoms with E-state index in [1.807, 2.05) is 12.1 Å². The molecule has 0 amide bonds. The van der Waals surface area contributed by atoms with Crippen molar-refractivity contribution >= 4 is 23.2 Å². The first kappa shape index (κ1) is 23.7. The normalized spacial score (nSPS) is 21.4. The summed E-state index contributed by atoms with van der Waals surface area (Å²) >= 11 is 5.93. The molecule has 2 fully saturated rings. The molecule has 0 spiro atoms. The standard InChI is InChI=1S/C25H30ClFN6O2/c1-15(2)12-33-25(35-19-6-7-21(27)20(26)11-19)30-24(31-33)29-23-16-4-5-17(23)14-32(13-16)18-8-9-28-22(10-18)34-3/h6-11,15-17,23H,4-5,12-14H2,1-3H3,(H,29,31)/t16-,17+,23?. The van der Waals surface area contributed by atoms with Gasteiger partial charge in [-0.25, -0.2) is 14.1 Å². The predicted octanol–water partition coefficient (Wildman–Crippen LogP) is 5.25. The van der Waals surface area contributed by atoms with Gasteiger partial charge in [0.05, 0.1) is 12.1 Å². The molecule has 5 rings (SSSR count). The van der Waals surface area contributed by atoms with Crippen LogP contribution < -0.4 is 19.7 Å². The highest BCUT2D eigenvalue weighted by Gasteiger charge is 2.42. The number of piperidine rings is 1. The van der Waals surface area contributed by atoms with Gasteiger partial charge in [-0.1, -0.05) is 25.4 Å². The molecule has 35 heavy (non-hydrogen) atoms. The van der Waals surface area contributed by atoms with E-state index in [1.165, 1.54) is 18.2 Å². The number of hydrogen-bond donors (Lipinski definition) is 1. The molecule has 186 valence electrons. The van der Waals surface area contributed by atoms with Crippen molar-refractivity contribution in [3.8, 4) is 17.6 Å². The SMILES string of the molecule is COc1cc(N2C[C@H]3CC[C@@H](C2)C3Nc2nc(Oc3ccc(F)c(Cl)c3)n(CC(C)C)n2)ccn1. The Morgan fingerprint density at radius 1 is 1.17 bits per heavy atom. The summed E-state index contributed by atoms with van der Waals surface area (Å²) in [6, 6.07) is 8.94. The number of ether oxygens (including phenoxy) is 2. The first-order valence-electron chi connectivity index (χ1n) is 12.0.